The van der Waals surface area contributed by atoms with Crippen LogP contribution >= 0.6 is 11.6 Å². The second-order valence-electron chi connectivity index (χ2n) is 6.05. The van der Waals surface area contributed by atoms with Crippen molar-refractivity contribution in [2.75, 3.05) is 0 Å². The van der Waals surface area contributed by atoms with Crippen LogP contribution in [-0.2, 0) is 0 Å². The van der Waals surface area contributed by atoms with Crippen molar-refractivity contribution < 1.29 is 0 Å². The third kappa shape index (κ3) is 2.73. The monoisotopic (exact) mass is 263 g/mol. The highest BCUT2D eigenvalue weighted by Crippen LogP contribution is 2.42. The molecular weight excluding hydrogens is 242 g/mol. The summed E-state index contributed by atoms with van der Waals surface area (Å²) in [4.78, 5) is 0. The first-order chi connectivity index (χ1) is 8.74. The molecule has 1 nitrogen and oxygen atoms in total. The Bertz CT molecular complexity index is 396. The Kier molecular flexibility index (Phi) is 3.63. The summed E-state index contributed by atoms with van der Waals surface area (Å²) in [5.74, 6) is 1.68. The smallest absolute Gasteiger partial charge is 0.0406 e. The van der Waals surface area contributed by atoms with Crippen molar-refractivity contribution in [2.45, 2.75) is 51.1 Å². The molecule has 0 amide bonds. The van der Waals surface area contributed by atoms with Gasteiger partial charge in [-0.15, -0.1) is 0 Å². The summed E-state index contributed by atoms with van der Waals surface area (Å²) in [7, 11) is 0. The van der Waals surface area contributed by atoms with Crippen LogP contribution in [0.5, 0.6) is 0 Å². The summed E-state index contributed by atoms with van der Waals surface area (Å²) in [6, 6.07) is 9.69. The van der Waals surface area contributed by atoms with Gasteiger partial charge >= 0.3 is 0 Å². The summed E-state index contributed by atoms with van der Waals surface area (Å²) in [6.07, 6.45) is 6.87. The Morgan fingerprint density at radius 1 is 1.11 bits per heavy atom. The van der Waals surface area contributed by atoms with E-state index < -0.39 is 0 Å². The fourth-order valence-electron chi connectivity index (χ4n) is 3.23. The number of hydrogen-bond acceptors (Lipinski definition) is 1. The van der Waals surface area contributed by atoms with Crippen LogP contribution in [0.4, 0.5) is 0 Å². The lowest BCUT2D eigenvalue weighted by molar-refractivity contribution is 0.354. The molecule has 2 fully saturated rings. The van der Waals surface area contributed by atoms with Gasteiger partial charge in [-0.2, -0.15) is 0 Å². The maximum Gasteiger partial charge on any atom is 0.0406 e. The molecule has 98 valence electrons. The van der Waals surface area contributed by atoms with Crippen molar-refractivity contribution in [3.05, 3.63) is 34.9 Å². The van der Waals surface area contributed by atoms with E-state index in [0.717, 1.165) is 16.9 Å². The van der Waals surface area contributed by atoms with E-state index in [1.807, 2.05) is 12.1 Å². The molecule has 0 bridgehead atoms. The minimum Gasteiger partial charge on any atom is -0.307 e. The molecule has 0 aromatic heterocycles. The molecule has 0 aliphatic heterocycles. The molecule has 18 heavy (non-hydrogen) atoms. The average Bonchev–Trinajstić information content (AvgIpc) is 3.12. The number of halogens is 1. The maximum atomic E-state index is 5.98. The Balaban J connectivity index is 1.73. The lowest BCUT2D eigenvalue weighted by atomic mass is 9.98. The highest BCUT2D eigenvalue weighted by molar-refractivity contribution is 6.30. The zero-order valence-corrected chi connectivity index (χ0v) is 11.8. The Hall–Kier alpha value is -0.530. The summed E-state index contributed by atoms with van der Waals surface area (Å²) >= 11 is 5.98. The average molecular weight is 264 g/mol. The van der Waals surface area contributed by atoms with Gasteiger partial charge in [-0.3, -0.25) is 0 Å². The van der Waals surface area contributed by atoms with Gasteiger partial charge in [-0.25, -0.2) is 0 Å². The summed E-state index contributed by atoms with van der Waals surface area (Å²) < 4.78 is 0. The van der Waals surface area contributed by atoms with E-state index in [0.29, 0.717) is 12.1 Å². The summed E-state index contributed by atoms with van der Waals surface area (Å²) in [5, 5.41) is 4.76. The zero-order chi connectivity index (χ0) is 12.5. The van der Waals surface area contributed by atoms with Gasteiger partial charge in [0.15, 0.2) is 0 Å². The molecule has 1 aromatic carbocycles. The Morgan fingerprint density at radius 3 is 2.39 bits per heavy atom. The fourth-order valence-corrected chi connectivity index (χ4v) is 3.35. The van der Waals surface area contributed by atoms with E-state index in [4.69, 9.17) is 11.6 Å². The third-order valence-electron chi connectivity index (χ3n) is 4.58. The van der Waals surface area contributed by atoms with Crippen molar-refractivity contribution in [3.63, 3.8) is 0 Å². The highest BCUT2D eigenvalue weighted by atomic mass is 35.5. The molecule has 3 atom stereocenters. The molecule has 1 N–H and O–H groups in total. The largest absolute Gasteiger partial charge is 0.307 e. The van der Waals surface area contributed by atoms with Crippen molar-refractivity contribution >= 4 is 11.6 Å². The topological polar surface area (TPSA) is 12.0 Å². The van der Waals surface area contributed by atoms with Gasteiger partial charge in [0, 0.05) is 17.1 Å². The highest BCUT2D eigenvalue weighted by Gasteiger charge is 2.35. The van der Waals surface area contributed by atoms with Crippen molar-refractivity contribution in [1.82, 2.24) is 5.32 Å². The van der Waals surface area contributed by atoms with Crippen LogP contribution < -0.4 is 5.32 Å². The van der Waals surface area contributed by atoms with E-state index in [1.165, 1.54) is 37.7 Å². The molecule has 2 heteroatoms. The number of nitrogens with one attached hydrogen (secondary N) is 1. The molecule has 0 saturated heterocycles. The van der Waals surface area contributed by atoms with Gasteiger partial charge in [0.05, 0.1) is 0 Å². The molecule has 0 radical (unpaired) electrons. The van der Waals surface area contributed by atoms with Gasteiger partial charge < -0.3 is 5.32 Å². The van der Waals surface area contributed by atoms with E-state index in [1.54, 1.807) is 0 Å². The van der Waals surface area contributed by atoms with Crippen LogP contribution in [0.2, 0.25) is 5.02 Å². The Morgan fingerprint density at radius 2 is 1.83 bits per heavy atom. The van der Waals surface area contributed by atoms with Crippen LogP contribution in [0, 0.1) is 11.8 Å². The van der Waals surface area contributed by atoms with Crippen LogP contribution in [0.3, 0.4) is 0 Å². The number of hydrogen-bond donors (Lipinski definition) is 1. The lowest BCUT2D eigenvalue weighted by Gasteiger charge is -2.26. The van der Waals surface area contributed by atoms with E-state index >= 15 is 0 Å². The standard InChI is InChI=1S/C16H22ClN/c1-11-3-2-4-15(11)18-16(12-5-6-12)13-7-9-14(17)10-8-13/h7-12,15-16,18H,2-6H2,1H3. The van der Waals surface area contributed by atoms with Gasteiger partial charge in [-0.05, 0) is 55.2 Å². The molecule has 1 aromatic rings. The molecule has 2 saturated carbocycles. The van der Waals surface area contributed by atoms with Crippen molar-refractivity contribution in [2.24, 2.45) is 11.8 Å². The van der Waals surface area contributed by atoms with Gasteiger partial charge in [-0.1, -0.05) is 37.1 Å². The lowest BCUT2D eigenvalue weighted by Crippen LogP contribution is -2.35. The van der Waals surface area contributed by atoms with E-state index in [9.17, 15) is 0 Å². The second-order valence-corrected chi connectivity index (χ2v) is 6.48. The van der Waals surface area contributed by atoms with Crippen LogP contribution in [0.15, 0.2) is 24.3 Å². The number of rotatable bonds is 4. The normalized spacial score (nSPS) is 29.4. The van der Waals surface area contributed by atoms with Crippen LogP contribution in [0.1, 0.15) is 50.6 Å². The van der Waals surface area contributed by atoms with Crippen LogP contribution in [-0.4, -0.2) is 6.04 Å². The summed E-state index contributed by atoms with van der Waals surface area (Å²) in [6.45, 7) is 2.39. The van der Waals surface area contributed by atoms with Gasteiger partial charge in [0.25, 0.3) is 0 Å². The van der Waals surface area contributed by atoms with E-state index in [-0.39, 0.29) is 0 Å². The maximum absolute atomic E-state index is 5.98. The van der Waals surface area contributed by atoms with Gasteiger partial charge in [0.1, 0.15) is 0 Å². The zero-order valence-electron chi connectivity index (χ0n) is 11.0. The first-order valence-electron chi connectivity index (χ1n) is 7.25. The van der Waals surface area contributed by atoms with Gasteiger partial charge in [0.2, 0.25) is 0 Å². The molecule has 2 aliphatic carbocycles. The quantitative estimate of drug-likeness (QED) is 0.839. The molecule has 3 unspecified atom stereocenters. The van der Waals surface area contributed by atoms with E-state index in [2.05, 4.69) is 24.4 Å². The van der Waals surface area contributed by atoms with Crippen LogP contribution in [0.25, 0.3) is 0 Å². The molecular formula is C16H22ClN. The predicted molar refractivity (Wildman–Crippen MR) is 76.9 cm³/mol. The molecule has 2 aliphatic rings. The first kappa shape index (κ1) is 12.5. The number of benzene rings is 1. The second kappa shape index (κ2) is 5.22. The fraction of sp³-hybridized carbons (Fsp3) is 0.625. The molecule has 0 heterocycles. The van der Waals surface area contributed by atoms with Crippen molar-refractivity contribution in [3.8, 4) is 0 Å². The molecule has 0 spiro atoms. The Labute approximate surface area is 115 Å². The molecule has 3 rings (SSSR count). The minimum absolute atomic E-state index is 0.549. The SMILES string of the molecule is CC1CCCC1NC(c1ccc(Cl)cc1)C1CC1. The minimum atomic E-state index is 0.549. The summed E-state index contributed by atoms with van der Waals surface area (Å²) in [5.41, 5.74) is 1.42. The predicted octanol–water partition coefficient (Wildman–Crippen LogP) is 4.57. The first-order valence-corrected chi connectivity index (χ1v) is 7.63. The third-order valence-corrected chi connectivity index (χ3v) is 4.83. The van der Waals surface area contributed by atoms with Crippen molar-refractivity contribution in [1.29, 1.82) is 0 Å².